The molecule has 140 valence electrons. The van der Waals surface area contributed by atoms with Gasteiger partial charge in [0, 0.05) is 4.90 Å². The molecule has 3 aromatic rings. The van der Waals surface area contributed by atoms with Crippen LogP contribution in [-0.2, 0) is 11.3 Å². The lowest BCUT2D eigenvalue weighted by atomic mass is 10.2. The van der Waals surface area contributed by atoms with E-state index in [-0.39, 0.29) is 17.8 Å². The van der Waals surface area contributed by atoms with Crippen LogP contribution in [0.5, 0.6) is 0 Å². The number of nitrogens with zero attached hydrogens (tertiary/aromatic N) is 2. The van der Waals surface area contributed by atoms with Crippen molar-refractivity contribution in [1.29, 1.82) is 0 Å². The minimum atomic E-state index is -4.31. The van der Waals surface area contributed by atoms with Gasteiger partial charge in [-0.15, -0.1) is 11.8 Å². The molecule has 0 unspecified atom stereocenters. The number of nitrogens with one attached hydrogen (secondary N) is 1. The van der Waals surface area contributed by atoms with E-state index >= 15 is 0 Å². The van der Waals surface area contributed by atoms with Gasteiger partial charge in [-0.05, 0) is 24.3 Å². The van der Waals surface area contributed by atoms with Crippen LogP contribution in [0.3, 0.4) is 0 Å². The van der Waals surface area contributed by atoms with E-state index in [4.69, 9.17) is 0 Å². The van der Waals surface area contributed by atoms with Crippen LogP contribution in [0.1, 0.15) is 0 Å². The topological polar surface area (TPSA) is 64.0 Å². The number of hydrogen-bond acceptors (Lipinski definition) is 4. The lowest BCUT2D eigenvalue weighted by Crippen LogP contribution is -2.28. The number of benzene rings is 2. The fourth-order valence-corrected chi connectivity index (χ4v) is 3.19. The number of para-hydroxylation sites is 2. The highest BCUT2D eigenvalue weighted by Crippen LogP contribution is 2.32. The maximum atomic E-state index is 12.4. The summed E-state index contributed by atoms with van der Waals surface area (Å²) in [5, 5.41) is 2.94. The molecule has 0 saturated heterocycles. The van der Waals surface area contributed by atoms with Crippen molar-refractivity contribution in [3.63, 3.8) is 0 Å². The molecule has 0 aliphatic carbocycles. The smallest absolute Gasteiger partial charge is 0.324 e. The van der Waals surface area contributed by atoms with Crippen LogP contribution in [-0.4, -0.2) is 27.4 Å². The van der Waals surface area contributed by atoms with Gasteiger partial charge in [0.2, 0.25) is 5.91 Å². The van der Waals surface area contributed by atoms with Crippen molar-refractivity contribution in [3.05, 3.63) is 65.2 Å². The molecule has 1 aromatic heterocycles. The van der Waals surface area contributed by atoms with Gasteiger partial charge in [-0.1, -0.05) is 24.3 Å². The molecule has 2 aromatic carbocycles. The second-order valence-electron chi connectivity index (χ2n) is 5.64. The maximum Gasteiger partial charge on any atom is 0.398 e. The molecule has 0 radical (unpaired) electrons. The Morgan fingerprint density at radius 3 is 2.59 bits per heavy atom. The lowest BCUT2D eigenvalue weighted by Gasteiger charge is -2.12. The maximum absolute atomic E-state index is 12.4. The fraction of sp³-hybridized carbons (Fsp3) is 0.167. The van der Waals surface area contributed by atoms with Crippen molar-refractivity contribution in [2.24, 2.45) is 0 Å². The molecule has 0 atom stereocenters. The molecule has 0 aliphatic heterocycles. The molecule has 1 heterocycles. The number of hydrogen-bond donors (Lipinski definition) is 1. The Labute approximate surface area is 156 Å². The highest BCUT2D eigenvalue weighted by molar-refractivity contribution is 7.99. The van der Waals surface area contributed by atoms with Crippen molar-refractivity contribution in [1.82, 2.24) is 9.55 Å². The third kappa shape index (κ3) is 4.88. The molecule has 1 amide bonds. The highest BCUT2D eigenvalue weighted by atomic mass is 32.2. The first kappa shape index (κ1) is 19.0. The summed E-state index contributed by atoms with van der Waals surface area (Å²) < 4.78 is 38.5. The summed E-state index contributed by atoms with van der Waals surface area (Å²) in [6.07, 6.45) is -3.04. The standard InChI is InChI=1S/C18H14F3N3O2S/c19-18(20,21)10-27-15-8-4-3-7-14(15)23-16(25)9-24-11-22-13-6-2-1-5-12(13)17(24)26/h1-8,11H,9-10H2,(H,23,25). The monoisotopic (exact) mass is 393 g/mol. The number of carbonyl (C=O) groups is 1. The van der Waals surface area contributed by atoms with Gasteiger partial charge in [0.25, 0.3) is 5.56 Å². The van der Waals surface area contributed by atoms with Crippen molar-refractivity contribution >= 4 is 34.3 Å². The van der Waals surface area contributed by atoms with Crippen LogP contribution in [0, 0.1) is 0 Å². The van der Waals surface area contributed by atoms with Crippen LogP contribution in [0.4, 0.5) is 18.9 Å². The zero-order valence-electron chi connectivity index (χ0n) is 13.9. The van der Waals surface area contributed by atoms with Crippen LogP contribution in [0.15, 0.2) is 64.5 Å². The Morgan fingerprint density at radius 1 is 1.11 bits per heavy atom. The van der Waals surface area contributed by atoms with E-state index in [9.17, 15) is 22.8 Å². The zero-order chi connectivity index (χ0) is 19.4. The SMILES string of the molecule is O=C(Cn1cnc2ccccc2c1=O)Nc1ccccc1SCC(F)(F)F. The molecule has 0 bridgehead atoms. The van der Waals surface area contributed by atoms with E-state index in [0.717, 1.165) is 4.57 Å². The predicted octanol–water partition coefficient (Wildman–Crippen LogP) is 3.69. The summed E-state index contributed by atoms with van der Waals surface area (Å²) in [4.78, 5) is 29.1. The molecule has 0 aliphatic rings. The third-order valence-electron chi connectivity index (χ3n) is 3.60. The molecule has 1 N–H and O–H groups in total. The molecule has 0 fully saturated rings. The minimum Gasteiger partial charge on any atom is -0.324 e. The number of amides is 1. The summed E-state index contributed by atoms with van der Waals surface area (Å²) in [6, 6.07) is 13.0. The van der Waals surface area contributed by atoms with Gasteiger partial charge in [-0.2, -0.15) is 13.2 Å². The second kappa shape index (κ2) is 7.83. The molecule has 9 heteroatoms. The average molecular weight is 393 g/mol. The van der Waals surface area contributed by atoms with Crippen molar-refractivity contribution in [2.45, 2.75) is 17.6 Å². The van der Waals surface area contributed by atoms with E-state index in [0.29, 0.717) is 27.6 Å². The normalized spacial score (nSPS) is 11.5. The molecule has 3 rings (SSSR count). The second-order valence-corrected chi connectivity index (χ2v) is 6.66. The first-order valence-corrected chi connectivity index (χ1v) is 8.85. The number of alkyl halides is 3. The van der Waals surface area contributed by atoms with Gasteiger partial charge in [0.05, 0.1) is 28.7 Å². The number of fused-ring (bicyclic) bond motifs is 1. The number of thioether (sulfide) groups is 1. The van der Waals surface area contributed by atoms with Gasteiger partial charge >= 0.3 is 6.18 Å². The number of aromatic nitrogens is 2. The Morgan fingerprint density at radius 2 is 1.81 bits per heavy atom. The van der Waals surface area contributed by atoms with Gasteiger partial charge in [-0.25, -0.2) is 4.98 Å². The first-order valence-electron chi connectivity index (χ1n) is 7.86. The third-order valence-corrected chi connectivity index (χ3v) is 4.74. The van der Waals surface area contributed by atoms with Crippen LogP contribution < -0.4 is 10.9 Å². The van der Waals surface area contributed by atoms with E-state index < -0.39 is 17.8 Å². The molecule has 5 nitrogen and oxygen atoms in total. The van der Waals surface area contributed by atoms with Crippen LogP contribution >= 0.6 is 11.8 Å². The minimum absolute atomic E-state index is 0.263. The average Bonchev–Trinajstić information content (AvgIpc) is 2.63. The molecule has 27 heavy (non-hydrogen) atoms. The van der Waals surface area contributed by atoms with Crippen LogP contribution in [0.2, 0.25) is 0 Å². The Kier molecular flexibility index (Phi) is 5.50. The number of carbonyl (C=O) groups excluding carboxylic acids is 1. The van der Waals surface area contributed by atoms with Gasteiger partial charge in [-0.3, -0.25) is 14.2 Å². The number of halogens is 3. The summed E-state index contributed by atoms with van der Waals surface area (Å²) in [5.41, 5.74) is 0.419. The molecule has 0 saturated carbocycles. The molecule has 0 spiro atoms. The first-order chi connectivity index (χ1) is 12.8. The lowest BCUT2D eigenvalue weighted by molar-refractivity contribution is -0.116. The zero-order valence-corrected chi connectivity index (χ0v) is 14.7. The van der Waals surface area contributed by atoms with Crippen molar-refractivity contribution in [2.75, 3.05) is 11.1 Å². The van der Waals surface area contributed by atoms with E-state index in [1.807, 2.05) is 0 Å². The van der Waals surface area contributed by atoms with Gasteiger partial charge < -0.3 is 5.32 Å². The summed E-state index contributed by atoms with van der Waals surface area (Å²) in [6.45, 7) is -0.297. The fourth-order valence-electron chi connectivity index (χ4n) is 2.42. The Bertz CT molecular complexity index is 1030. The summed E-state index contributed by atoms with van der Waals surface area (Å²) >= 11 is 0.587. The highest BCUT2D eigenvalue weighted by Gasteiger charge is 2.27. The van der Waals surface area contributed by atoms with E-state index in [1.54, 1.807) is 36.4 Å². The van der Waals surface area contributed by atoms with Gasteiger partial charge in [0.1, 0.15) is 6.54 Å². The Hall–Kier alpha value is -2.81. The van der Waals surface area contributed by atoms with Gasteiger partial charge in [0.15, 0.2) is 0 Å². The summed E-state index contributed by atoms with van der Waals surface area (Å²) in [7, 11) is 0. The Balaban J connectivity index is 1.75. The largest absolute Gasteiger partial charge is 0.398 e. The predicted molar refractivity (Wildman–Crippen MR) is 97.9 cm³/mol. The van der Waals surface area contributed by atoms with E-state index in [1.165, 1.54) is 18.5 Å². The number of anilines is 1. The van der Waals surface area contributed by atoms with Crippen molar-refractivity contribution < 1.29 is 18.0 Å². The molecular formula is C18H14F3N3O2S. The van der Waals surface area contributed by atoms with Crippen molar-refractivity contribution in [3.8, 4) is 0 Å². The van der Waals surface area contributed by atoms with Crippen LogP contribution in [0.25, 0.3) is 10.9 Å². The molecular weight excluding hydrogens is 379 g/mol. The summed E-state index contributed by atoms with van der Waals surface area (Å²) in [5.74, 6) is -1.59. The quantitative estimate of drug-likeness (QED) is 0.672. The van der Waals surface area contributed by atoms with E-state index in [2.05, 4.69) is 10.3 Å². The number of rotatable bonds is 5.